The van der Waals surface area contributed by atoms with Crippen LogP contribution in [0, 0.1) is 11.3 Å². The number of hydrogen-bond donors (Lipinski definition) is 0. The third-order valence-corrected chi connectivity index (χ3v) is 10.3. The summed E-state index contributed by atoms with van der Waals surface area (Å²) in [6, 6.07) is 2.22. The van der Waals surface area contributed by atoms with Gasteiger partial charge in [-0.05, 0) is 19.4 Å². The molecule has 0 heterocycles. The average molecular weight is 243 g/mol. The molecule has 0 aliphatic rings. The van der Waals surface area contributed by atoms with Crippen LogP contribution in [0.3, 0.4) is 0 Å². The summed E-state index contributed by atoms with van der Waals surface area (Å²) < 4.78 is 2.79. The molecule has 4 heteroatoms. The minimum Gasteiger partial charge on any atom is -0.346 e. The molecule has 0 rings (SSSR count). The topological polar surface area (TPSA) is 27.0 Å². The van der Waals surface area contributed by atoms with Crippen LogP contribution in [0.15, 0.2) is 0 Å². The SMILES string of the molecule is C[Si](C)(C)N(CCCCC#N)[Si](C)(C)C. The number of nitrogens with zero attached hydrogens (tertiary/aromatic N) is 2. The second-order valence-electron chi connectivity index (χ2n) is 6.11. The molecule has 0 fully saturated rings. The Balaban J connectivity index is 4.24. The monoisotopic (exact) mass is 242 g/mol. The molecule has 0 saturated carbocycles. The third-order valence-electron chi connectivity index (χ3n) is 2.54. The van der Waals surface area contributed by atoms with Gasteiger partial charge >= 0.3 is 0 Å². The van der Waals surface area contributed by atoms with Crippen LogP contribution in [0.25, 0.3) is 0 Å². The number of rotatable bonds is 6. The summed E-state index contributed by atoms with van der Waals surface area (Å²) in [4.78, 5) is 0. The molecule has 15 heavy (non-hydrogen) atoms. The maximum atomic E-state index is 8.50. The Kier molecular flexibility index (Phi) is 5.78. The van der Waals surface area contributed by atoms with Gasteiger partial charge in [0.15, 0.2) is 0 Å². The lowest BCUT2D eigenvalue weighted by atomic mass is 10.2. The van der Waals surface area contributed by atoms with E-state index in [1.165, 1.54) is 13.0 Å². The summed E-state index contributed by atoms with van der Waals surface area (Å²) in [5.41, 5.74) is 0. The molecule has 0 atom stereocenters. The summed E-state index contributed by atoms with van der Waals surface area (Å²) in [6.45, 7) is 15.8. The highest BCUT2D eigenvalue weighted by atomic mass is 28.4. The molecule has 0 N–H and O–H groups in total. The largest absolute Gasteiger partial charge is 0.346 e. The summed E-state index contributed by atoms with van der Waals surface area (Å²) in [5.74, 6) is 0. The van der Waals surface area contributed by atoms with Gasteiger partial charge in [-0.2, -0.15) is 5.26 Å². The molecule has 0 aromatic rings. The molecule has 0 aliphatic heterocycles. The first kappa shape index (κ1) is 14.9. The lowest BCUT2D eigenvalue weighted by Crippen LogP contribution is -2.59. The van der Waals surface area contributed by atoms with Crippen LogP contribution in [0.2, 0.25) is 39.3 Å². The highest BCUT2D eigenvalue weighted by Gasteiger charge is 2.33. The molecule has 0 spiro atoms. The normalized spacial score (nSPS) is 12.9. The number of hydrogen-bond acceptors (Lipinski definition) is 2. The first-order valence-corrected chi connectivity index (χ1v) is 12.7. The van der Waals surface area contributed by atoms with E-state index < -0.39 is 16.5 Å². The number of nitriles is 1. The van der Waals surface area contributed by atoms with Gasteiger partial charge in [0, 0.05) is 6.42 Å². The molecule has 0 aromatic heterocycles. The van der Waals surface area contributed by atoms with Crippen LogP contribution in [0.4, 0.5) is 0 Å². The van der Waals surface area contributed by atoms with E-state index in [1.54, 1.807) is 0 Å². The highest BCUT2D eigenvalue weighted by Crippen LogP contribution is 2.20. The maximum Gasteiger partial charge on any atom is 0.112 e. The third kappa shape index (κ3) is 6.13. The van der Waals surface area contributed by atoms with E-state index >= 15 is 0 Å². The zero-order chi connectivity index (χ0) is 12.1. The van der Waals surface area contributed by atoms with Gasteiger partial charge in [-0.1, -0.05) is 39.3 Å². The maximum absolute atomic E-state index is 8.50. The van der Waals surface area contributed by atoms with Crippen molar-refractivity contribution in [1.82, 2.24) is 4.23 Å². The zero-order valence-electron chi connectivity index (χ0n) is 11.2. The van der Waals surface area contributed by atoms with Gasteiger partial charge in [-0.15, -0.1) is 0 Å². The van der Waals surface area contributed by atoms with Crippen LogP contribution in [-0.2, 0) is 0 Å². The van der Waals surface area contributed by atoms with E-state index in [0.717, 1.165) is 6.42 Å². The highest BCUT2D eigenvalue weighted by molar-refractivity contribution is 6.89. The minimum absolute atomic E-state index is 0.714. The Labute approximate surface area is 97.5 Å². The number of unbranched alkanes of at least 4 members (excludes halogenated alkanes) is 2. The molecule has 0 saturated heterocycles. The van der Waals surface area contributed by atoms with Crippen molar-refractivity contribution in [3.8, 4) is 6.07 Å². The van der Waals surface area contributed by atoms with E-state index in [4.69, 9.17) is 5.26 Å². The molecule has 2 nitrogen and oxygen atoms in total. The van der Waals surface area contributed by atoms with Crippen molar-refractivity contribution in [1.29, 1.82) is 5.26 Å². The van der Waals surface area contributed by atoms with Gasteiger partial charge in [0.2, 0.25) is 0 Å². The zero-order valence-corrected chi connectivity index (χ0v) is 13.2. The Morgan fingerprint density at radius 3 is 1.73 bits per heavy atom. The smallest absolute Gasteiger partial charge is 0.112 e. The fraction of sp³-hybridized carbons (Fsp3) is 0.909. The molecular weight excluding hydrogens is 216 g/mol. The Morgan fingerprint density at radius 2 is 1.40 bits per heavy atom. The molecule has 88 valence electrons. The first-order chi connectivity index (χ1) is 6.69. The molecule has 0 bridgehead atoms. The van der Waals surface area contributed by atoms with Crippen molar-refractivity contribution in [2.75, 3.05) is 6.54 Å². The Morgan fingerprint density at radius 1 is 0.933 bits per heavy atom. The van der Waals surface area contributed by atoms with Gasteiger partial charge in [-0.25, -0.2) is 0 Å². The second-order valence-corrected chi connectivity index (χ2v) is 16.3. The molecule has 0 aliphatic carbocycles. The van der Waals surface area contributed by atoms with Crippen LogP contribution in [0.1, 0.15) is 19.3 Å². The van der Waals surface area contributed by atoms with Crippen LogP contribution >= 0.6 is 0 Å². The van der Waals surface area contributed by atoms with Crippen molar-refractivity contribution < 1.29 is 0 Å². The lowest BCUT2D eigenvalue weighted by Gasteiger charge is -2.43. The van der Waals surface area contributed by atoms with E-state index in [-0.39, 0.29) is 0 Å². The van der Waals surface area contributed by atoms with E-state index in [9.17, 15) is 0 Å². The van der Waals surface area contributed by atoms with Crippen molar-refractivity contribution in [2.24, 2.45) is 0 Å². The molecule has 0 radical (unpaired) electrons. The van der Waals surface area contributed by atoms with Crippen LogP contribution in [-0.4, -0.2) is 27.2 Å². The second kappa shape index (κ2) is 5.83. The Bertz CT molecular complexity index is 206. The predicted octanol–water partition coefficient (Wildman–Crippen LogP) is 3.65. The first-order valence-electron chi connectivity index (χ1n) is 5.84. The van der Waals surface area contributed by atoms with E-state index in [1.807, 2.05) is 0 Å². The standard InChI is InChI=1S/C11H26N2Si2/c1-14(2,3)13(15(4,5)6)11-9-7-8-10-12/h7-9,11H2,1-6H3. The summed E-state index contributed by atoms with van der Waals surface area (Å²) in [6.07, 6.45) is 2.95. The quantitative estimate of drug-likeness (QED) is 0.525. The van der Waals surface area contributed by atoms with Gasteiger partial charge in [-0.3, -0.25) is 0 Å². The molecule has 0 amide bonds. The van der Waals surface area contributed by atoms with Gasteiger partial charge in [0.05, 0.1) is 6.07 Å². The van der Waals surface area contributed by atoms with Gasteiger partial charge in [0.25, 0.3) is 0 Å². The average Bonchev–Trinajstić information content (AvgIpc) is 1.99. The molecular formula is C11H26N2Si2. The Hall–Kier alpha value is -0.116. The fourth-order valence-corrected chi connectivity index (χ4v) is 11.9. The lowest BCUT2D eigenvalue weighted by molar-refractivity contribution is 0.565. The van der Waals surface area contributed by atoms with Crippen LogP contribution in [0.5, 0.6) is 0 Å². The summed E-state index contributed by atoms with van der Waals surface area (Å²) in [7, 11) is -2.34. The van der Waals surface area contributed by atoms with E-state index in [0.29, 0.717) is 6.42 Å². The van der Waals surface area contributed by atoms with Crippen molar-refractivity contribution in [2.45, 2.75) is 58.5 Å². The van der Waals surface area contributed by atoms with Gasteiger partial charge in [0.1, 0.15) is 16.5 Å². The van der Waals surface area contributed by atoms with Crippen molar-refractivity contribution in [3.05, 3.63) is 0 Å². The fourth-order valence-electron chi connectivity index (χ4n) is 2.15. The molecule has 0 aromatic carbocycles. The van der Waals surface area contributed by atoms with Gasteiger partial charge < -0.3 is 4.23 Å². The summed E-state index contributed by atoms with van der Waals surface area (Å²) >= 11 is 0. The van der Waals surface area contributed by atoms with E-state index in [2.05, 4.69) is 49.6 Å². The van der Waals surface area contributed by atoms with Crippen molar-refractivity contribution >= 4 is 16.5 Å². The molecule has 0 unspecified atom stereocenters. The summed E-state index contributed by atoms with van der Waals surface area (Å²) in [5, 5.41) is 8.50. The predicted molar refractivity (Wildman–Crippen MR) is 72.9 cm³/mol. The minimum atomic E-state index is -1.17. The van der Waals surface area contributed by atoms with Crippen molar-refractivity contribution in [3.63, 3.8) is 0 Å². The van der Waals surface area contributed by atoms with Crippen LogP contribution < -0.4 is 0 Å².